The number of rotatable bonds is 4. The van der Waals surface area contributed by atoms with Gasteiger partial charge in [-0.3, -0.25) is 0 Å². The van der Waals surface area contributed by atoms with Crippen molar-refractivity contribution in [3.63, 3.8) is 0 Å². The minimum absolute atomic E-state index is 0.0656. The monoisotopic (exact) mass is 286 g/mol. The number of likely N-dealkylation sites (N-methyl/N-ethyl adjacent to an activating group) is 1. The predicted octanol–water partition coefficient (Wildman–Crippen LogP) is 3.44. The van der Waals surface area contributed by atoms with E-state index in [9.17, 15) is 0 Å². The highest BCUT2D eigenvalue weighted by atomic mass is 35.5. The number of allylic oxidation sites excluding steroid dienone is 2. The fourth-order valence-corrected chi connectivity index (χ4v) is 1.74. The van der Waals surface area contributed by atoms with Crippen molar-refractivity contribution >= 4 is 17.3 Å². The molecule has 5 heteroatoms. The van der Waals surface area contributed by atoms with Crippen molar-refractivity contribution in [1.82, 2.24) is 4.90 Å². The molecule has 0 aliphatic carbocycles. The van der Waals surface area contributed by atoms with Crippen molar-refractivity contribution in [2.24, 2.45) is 0 Å². The van der Waals surface area contributed by atoms with Crippen LogP contribution in [0.4, 0.5) is 5.69 Å². The van der Waals surface area contributed by atoms with Gasteiger partial charge >= 0.3 is 0 Å². The molecule has 0 aliphatic rings. The number of nitrogens with zero attached hydrogens (tertiary/aromatic N) is 3. The van der Waals surface area contributed by atoms with Crippen molar-refractivity contribution in [2.45, 2.75) is 6.92 Å². The van der Waals surface area contributed by atoms with Crippen LogP contribution in [-0.2, 0) is 0 Å². The lowest BCUT2D eigenvalue weighted by molar-refractivity contribution is 0.527. The van der Waals surface area contributed by atoms with Crippen LogP contribution in [0.3, 0.4) is 0 Å². The van der Waals surface area contributed by atoms with E-state index < -0.39 is 0 Å². The van der Waals surface area contributed by atoms with E-state index in [1.54, 1.807) is 31.3 Å². The lowest BCUT2D eigenvalue weighted by Gasteiger charge is -2.13. The molecular weight excluding hydrogens is 272 g/mol. The van der Waals surface area contributed by atoms with E-state index in [2.05, 4.69) is 5.32 Å². The van der Waals surface area contributed by atoms with Gasteiger partial charge in [0.15, 0.2) is 5.57 Å². The zero-order chi connectivity index (χ0) is 15.1. The first-order valence-corrected chi connectivity index (χ1v) is 6.29. The van der Waals surface area contributed by atoms with Crippen LogP contribution < -0.4 is 5.32 Å². The topological polar surface area (TPSA) is 62.9 Å². The second kappa shape index (κ2) is 7.23. The van der Waals surface area contributed by atoms with Crippen molar-refractivity contribution in [3.05, 3.63) is 52.3 Å². The van der Waals surface area contributed by atoms with Gasteiger partial charge in [0.05, 0.1) is 5.70 Å². The first-order valence-electron chi connectivity index (χ1n) is 5.91. The maximum Gasteiger partial charge on any atom is 0.152 e. The van der Waals surface area contributed by atoms with Crippen LogP contribution >= 0.6 is 11.6 Å². The van der Waals surface area contributed by atoms with Gasteiger partial charge in [-0.05, 0) is 30.7 Å². The lowest BCUT2D eigenvalue weighted by atomic mass is 10.2. The Morgan fingerprint density at radius 1 is 1.30 bits per heavy atom. The third-order valence-corrected chi connectivity index (χ3v) is 3.12. The molecule has 0 fully saturated rings. The molecule has 102 valence electrons. The lowest BCUT2D eigenvalue weighted by Crippen LogP contribution is -2.11. The van der Waals surface area contributed by atoms with E-state index in [-0.39, 0.29) is 5.57 Å². The molecule has 0 spiro atoms. The molecule has 0 heterocycles. The Morgan fingerprint density at radius 3 is 2.50 bits per heavy atom. The summed E-state index contributed by atoms with van der Waals surface area (Å²) in [5, 5.41) is 21.6. The molecule has 0 unspecified atom stereocenters. The van der Waals surface area contributed by atoms with E-state index in [0.29, 0.717) is 10.7 Å². The van der Waals surface area contributed by atoms with Crippen LogP contribution in [0.2, 0.25) is 5.02 Å². The summed E-state index contributed by atoms with van der Waals surface area (Å²) in [5.74, 6) is 0. The number of benzene rings is 1. The van der Waals surface area contributed by atoms with E-state index in [1.165, 1.54) is 0 Å². The summed E-state index contributed by atoms with van der Waals surface area (Å²) in [6.45, 7) is 1.91. The number of hydrogen-bond acceptors (Lipinski definition) is 4. The molecule has 1 aromatic carbocycles. The second-order valence-corrected chi connectivity index (χ2v) is 4.68. The SMILES string of the molecule is Cc1c(Cl)cccc1NC=CC(=C(C#N)C#N)N(C)C. The first-order chi connectivity index (χ1) is 9.51. The molecule has 4 nitrogen and oxygen atoms in total. The molecule has 0 aliphatic heterocycles. The molecule has 0 atom stereocenters. The summed E-state index contributed by atoms with van der Waals surface area (Å²) in [6, 6.07) is 9.33. The molecule has 1 rings (SSSR count). The Labute approximate surface area is 124 Å². The number of anilines is 1. The standard InChI is InChI=1S/C15H15ClN4/c1-11-13(16)5-4-6-14(11)19-8-7-15(20(2)3)12(9-17)10-18/h4-8,19H,1-3H3. The zero-order valence-corrected chi connectivity index (χ0v) is 12.4. The van der Waals surface area contributed by atoms with Crippen molar-refractivity contribution < 1.29 is 0 Å². The Balaban J connectivity index is 2.98. The maximum atomic E-state index is 8.91. The highest BCUT2D eigenvalue weighted by Crippen LogP contribution is 2.23. The van der Waals surface area contributed by atoms with E-state index >= 15 is 0 Å². The summed E-state index contributed by atoms with van der Waals surface area (Å²) in [4.78, 5) is 1.71. The fourth-order valence-electron chi connectivity index (χ4n) is 1.57. The smallest absolute Gasteiger partial charge is 0.152 e. The minimum atomic E-state index is 0.0656. The number of halogens is 1. The van der Waals surface area contributed by atoms with Crippen LogP contribution in [0.1, 0.15) is 5.56 Å². The first kappa shape index (κ1) is 15.6. The quantitative estimate of drug-likeness (QED) is 0.680. The summed E-state index contributed by atoms with van der Waals surface area (Å²) >= 11 is 6.03. The highest BCUT2D eigenvalue weighted by molar-refractivity contribution is 6.31. The molecule has 0 saturated carbocycles. The Morgan fingerprint density at radius 2 is 1.95 bits per heavy atom. The normalized spacial score (nSPS) is 9.70. The second-order valence-electron chi connectivity index (χ2n) is 4.27. The third-order valence-electron chi connectivity index (χ3n) is 2.71. The zero-order valence-electron chi connectivity index (χ0n) is 11.6. The van der Waals surface area contributed by atoms with Crippen LogP contribution in [0.15, 0.2) is 41.7 Å². The number of nitrogens with one attached hydrogen (secondary N) is 1. The summed E-state index contributed by atoms with van der Waals surface area (Å²) in [6.07, 6.45) is 3.37. The van der Waals surface area contributed by atoms with Crippen molar-refractivity contribution in [1.29, 1.82) is 10.5 Å². The average Bonchev–Trinajstić information content (AvgIpc) is 2.42. The van der Waals surface area contributed by atoms with Gasteiger partial charge in [-0.25, -0.2) is 0 Å². The molecule has 0 amide bonds. The van der Waals surface area contributed by atoms with Crippen LogP contribution in [0, 0.1) is 29.6 Å². The largest absolute Gasteiger partial charge is 0.376 e. The molecular formula is C15H15ClN4. The molecule has 20 heavy (non-hydrogen) atoms. The average molecular weight is 287 g/mol. The fraction of sp³-hybridized carbons (Fsp3) is 0.200. The van der Waals surface area contributed by atoms with Crippen LogP contribution in [0.5, 0.6) is 0 Å². The van der Waals surface area contributed by atoms with Gasteiger partial charge in [0.25, 0.3) is 0 Å². The molecule has 0 saturated heterocycles. The third kappa shape index (κ3) is 3.78. The molecule has 1 N–H and O–H groups in total. The van der Waals surface area contributed by atoms with Crippen molar-refractivity contribution in [3.8, 4) is 12.1 Å². The summed E-state index contributed by atoms with van der Waals surface area (Å²) < 4.78 is 0. The van der Waals surface area contributed by atoms with Gasteiger partial charge in [-0.1, -0.05) is 17.7 Å². The van der Waals surface area contributed by atoms with Gasteiger partial charge in [0.2, 0.25) is 0 Å². The summed E-state index contributed by atoms with van der Waals surface area (Å²) in [7, 11) is 3.55. The molecule has 0 aromatic heterocycles. The summed E-state index contributed by atoms with van der Waals surface area (Å²) in [5.41, 5.74) is 2.43. The number of nitriles is 2. The van der Waals surface area contributed by atoms with Crippen LogP contribution in [0.25, 0.3) is 0 Å². The minimum Gasteiger partial charge on any atom is -0.376 e. The van der Waals surface area contributed by atoms with Gasteiger partial charge in [-0.2, -0.15) is 10.5 Å². The molecule has 0 bridgehead atoms. The predicted molar refractivity (Wildman–Crippen MR) is 80.9 cm³/mol. The maximum absolute atomic E-state index is 8.91. The van der Waals surface area contributed by atoms with Gasteiger partial charge in [0.1, 0.15) is 12.1 Å². The highest BCUT2D eigenvalue weighted by Gasteiger charge is 2.05. The van der Waals surface area contributed by atoms with Crippen molar-refractivity contribution in [2.75, 3.05) is 19.4 Å². The van der Waals surface area contributed by atoms with Crippen LogP contribution in [-0.4, -0.2) is 19.0 Å². The Bertz CT molecular complexity index is 614. The Kier molecular flexibility index (Phi) is 5.65. The molecule has 1 aromatic rings. The van der Waals surface area contributed by atoms with E-state index in [1.807, 2.05) is 37.3 Å². The van der Waals surface area contributed by atoms with Gasteiger partial charge < -0.3 is 10.2 Å². The van der Waals surface area contributed by atoms with E-state index in [0.717, 1.165) is 11.3 Å². The van der Waals surface area contributed by atoms with Gasteiger partial charge in [0, 0.05) is 31.0 Å². The molecule has 0 radical (unpaired) electrons. The van der Waals surface area contributed by atoms with Gasteiger partial charge in [-0.15, -0.1) is 0 Å². The number of hydrogen-bond donors (Lipinski definition) is 1. The van der Waals surface area contributed by atoms with E-state index in [4.69, 9.17) is 22.1 Å². The Hall–Kier alpha value is -2.43.